The van der Waals surface area contributed by atoms with Gasteiger partial charge in [-0.15, -0.1) is 0 Å². The highest BCUT2D eigenvalue weighted by molar-refractivity contribution is 5.97. The molecule has 2 N–H and O–H groups in total. The Morgan fingerprint density at radius 2 is 1.90 bits per heavy atom. The van der Waals surface area contributed by atoms with Crippen LogP contribution < -0.4 is 5.32 Å². The molecule has 1 aliphatic heterocycles. The van der Waals surface area contributed by atoms with Crippen molar-refractivity contribution in [3.63, 3.8) is 0 Å². The molecule has 2 aromatic carbocycles. The van der Waals surface area contributed by atoms with Crippen LogP contribution in [0.3, 0.4) is 0 Å². The fraction of sp³-hybridized carbons (Fsp3) is 0.400. The van der Waals surface area contributed by atoms with Gasteiger partial charge in [-0.1, -0.05) is 50.6 Å². The molecule has 162 valence electrons. The van der Waals surface area contributed by atoms with Crippen molar-refractivity contribution in [1.29, 1.82) is 0 Å². The molecule has 1 saturated heterocycles. The summed E-state index contributed by atoms with van der Waals surface area (Å²) in [6.45, 7) is 5.40. The van der Waals surface area contributed by atoms with E-state index < -0.39 is 6.04 Å². The number of aromatic nitrogens is 2. The summed E-state index contributed by atoms with van der Waals surface area (Å²) < 4.78 is 0. The van der Waals surface area contributed by atoms with Crippen LogP contribution in [0.15, 0.2) is 54.6 Å². The lowest BCUT2D eigenvalue weighted by Gasteiger charge is -2.36. The van der Waals surface area contributed by atoms with Crippen molar-refractivity contribution in [2.45, 2.75) is 45.1 Å². The molecule has 6 nitrogen and oxygen atoms in total. The van der Waals surface area contributed by atoms with Crippen molar-refractivity contribution in [3.05, 3.63) is 66.0 Å². The van der Waals surface area contributed by atoms with E-state index >= 15 is 0 Å². The number of H-pyrrole nitrogens is 1. The number of hydrogen-bond donors (Lipinski definition) is 2. The molecule has 0 radical (unpaired) electrons. The Kier molecular flexibility index (Phi) is 6.35. The third-order valence-electron chi connectivity index (χ3n) is 6.33. The molecular weight excluding hydrogens is 388 g/mol. The van der Waals surface area contributed by atoms with Crippen LogP contribution in [0.1, 0.15) is 55.2 Å². The number of nitrogens with one attached hydrogen (secondary N) is 2. The number of amides is 2. The van der Waals surface area contributed by atoms with Gasteiger partial charge in [-0.05, 0) is 43.0 Å². The third-order valence-corrected chi connectivity index (χ3v) is 6.33. The first-order valence-electron chi connectivity index (χ1n) is 11.2. The van der Waals surface area contributed by atoms with Crippen molar-refractivity contribution < 1.29 is 9.59 Å². The molecule has 1 fully saturated rings. The molecule has 3 unspecified atom stereocenters. The molecule has 0 saturated carbocycles. The van der Waals surface area contributed by atoms with E-state index in [1.54, 1.807) is 12.1 Å². The van der Waals surface area contributed by atoms with Crippen molar-refractivity contribution >= 4 is 22.8 Å². The Morgan fingerprint density at radius 3 is 2.65 bits per heavy atom. The van der Waals surface area contributed by atoms with Crippen molar-refractivity contribution in [3.8, 4) is 0 Å². The highest BCUT2D eigenvalue weighted by atomic mass is 16.2. The van der Waals surface area contributed by atoms with Gasteiger partial charge in [-0.2, -0.15) is 0 Å². The molecule has 2 amide bonds. The molecule has 6 heteroatoms. The maximum absolute atomic E-state index is 13.5. The van der Waals surface area contributed by atoms with E-state index in [2.05, 4.69) is 10.3 Å². The predicted octanol–water partition coefficient (Wildman–Crippen LogP) is 4.11. The number of carbonyl (C=O) groups is 2. The van der Waals surface area contributed by atoms with E-state index in [0.717, 1.165) is 36.1 Å². The minimum Gasteiger partial charge on any atom is -0.342 e. The van der Waals surface area contributed by atoms with Crippen LogP contribution >= 0.6 is 0 Å². The summed E-state index contributed by atoms with van der Waals surface area (Å²) in [7, 11) is 0. The van der Waals surface area contributed by atoms with Crippen molar-refractivity contribution in [1.82, 2.24) is 20.2 Å². The molecule has 3 aromatic rings. The Morgan fingerprint density at radius 1 is 1.16 bits per heavy atom. The minimum absolute atomic E-state index is 0.000516. The maximum atomic E-state index is 13.5. The van der Waals surface area contributed by atoms with Gasteiger partial charge < -0.3 is 15.2 Å². The number of aromatic amines is 1. The number of hydrogen-bond acceptors (Lipinski definition) is 3. The Hall–Kier alpha value is -3.15. The molecule has 4 rings (SSSR count). The summed E-state index contributed by atoms with van der Waals surface area (Å²) in [4.78, 5) is 36.3. The molecule has 0 bridgehead atoms. The molecular formula is C25H30N4O2. The van der Waals surface area contributed by atoms with E-state index in [0.29, 0.717) is 18.7 Å². The summed E-state index contributed by atoms with van der Waals surface area (Å²) in [5.74, 6) is 0.955. The van der Waals surface area contributed by atoms with E-state index in [-0.39, 0.29) is 23.7 Å². The summed E-state index contributed by atoms with van der Waals surface area (Å²) in [5.41, 5.74) is 2.55. The Balaban J connectivity index is 1.50. The molecule has 0 aliphatic carbocycles. The largest absolute Gasteiger partial charge is 0.342 e. The maximum Gasteiger partial charge on any atom is 0.251 e. The zero-order valence-electron chi connectivity index (χ0n) is 18.2. The summed E-state index contributed by atoms with van der Waals surface area (Å²) in [6, 6.07) is 16.5. The monoisotopic (exact) mass is 418 g/mol. The molecule has 2 heterocycles. The quantitative estimate of drug-likeness (QED) is 0.632. The Bertz CT molecular complexity index is 1010. The van der Waals surface area contributed by atoms with Crippen LogP contribution in [0.4, 0.5) is 0 Å². The van der Waals surface area contributed by atoms with Crippen LogP contribution in [0.25, 0.3) is 11.0 Å². The highest BCUT2D eigenvalue weighted by Crippen LogP contribution is 2.28. The third kappa shape index (κ3) is 4.63. The van der Waals surface area contributed by atoms with Gasteiger partial charge in [0.15, 0.2) is 0 Å². The van der Waals surface area contributed by atoms with Gasteiger partial charge in [-0.3, -0.25) is 9.59 Å². The number of para-hydroxylation sites is 2. The van der Waals surface area contributed by atoms with Gasteiger partial charge in [0, 0.05) is 24.6 Å². The van der Waals surface area contributed by atoms with Crippen molar-refractivity contribution in [2.75, 3.05) is 13.1 Å². The second-order valence-corrected chi connectivity index (χ2v) is 8.47. The van der Waals surface area contributed by atoms with Gasteiger partial charge in [0.25, 0.3) is 5.91 Å². The topological polar surface area (TPSA) is 78.1 Å². The zero-order chi connectivity index (χ0) is 21.8. The number of rotatable bonds is 6. The van der Waals surface area contributed by atoms with Gasteiger partial charge >= 0.3 is 0 Å². The van der Waals surface area contributed by atoms with Crippen LogP contribution in [-0.2, 0) is 4.79 Å². The number of benzene rings is 2. The van der Waals surface area contributed by atoms with Crippen LogP contribution in [-0.4, -0.2) is 45.8 Å². The minimum atomic E-state index is -0.535. The lowest BCUT2D eigenvalue weighted by atomic mass is 9.93. The number of likely N-dealkylation sites (tertiary alicyclic amines) is 1. The second-order valence-electron chi connectivity index (χ2n) is 8.47. The number of piperidine rings is 1. The first-order chi connectivity index (χ1) is 15.1. The van der Waals surface area contributed by atoms with Crippen LogP contribution in [0.2, 0.25) is 0 Å². The Labute approximate surface area is 183 Å². The molecule has 0 spiro atoms. The summed E-state index contributed by atoms with van der Waals surface area (Å²) in [6.07, 6.45) is 2.73. The normalized spacial score (nSPS) is 18.5. The second kappa shape index (κ2) is 9.33. The first-order valence-corrected chi connectivity index (χ1v) is 11.2. The smallest absolute Gasteiger partial charge is 0.251 e. The highest BCUT2D eigenvalue weighted by Gasteiger charge is 2.34. The van der Waals surface area contributed by atoms with Gasteiger partial charge in [0.05, 0.1) is 11.0 Å². The molecule has 1 aliphatic rings. The van der Waals surface area contributed by atoms with E-state index in [9.17, 15) is 9.59 Å². The van der Waals surface area contributed by atoms with Crippen LogP contribution in [0, 0.1) is 5.92 Å². The fourth-order valence-electron chi connectivity index (χ4n) is 4.26. The molecule has 1 aromatic heterocycles. The standard InChI is InChI=1S/C25H30N4O2/c1-3-17(2)22(28-24(30)18-10-5-4-6-11-18)25(31)29-15-9-12-19(16-29)23-26-20-13-7-8-14-21(20)27-23/h4-8,10-11,13-14,17,19,22H,3,9,12,15-16H2,1-2H3,(H,26,27)(H,28,30). The van der Waals surface area contributed by atoms with Gasteiger partial charge in [0.2, 0.25) is 5.91 Å². The number of imidazole rings is 1. The van der Waals surface area contributed by atoms with Gasteiger partial charge in [-0.25, -0.2) is 4.98 Å². The zero-order valence-corrected chi connectivity index (χ0v) is 18.2. The number of fused-ring (bicyclic) bond motifs is 1. The fourth-order valence-corrected chi connectivity index (χ4v) is 4.26. The lowest BCUT2D eigenvalue weighted by Crippen LogP contribution is -2.53. The van der Waals surface area contributed by atoms with E-state index in [4.69, 9.17) is 4.98 Å². The first kappa shape index (κ1) is 21.1. The van der Waals surface area contributed by atoms with E-state index in [1.807, 2.05) is 61.2 Å². The lowest BCUT2D eigenvalue weighted by molar-refractivity contribution is -0.135. The molecule has 3 atom stereocenters. The average molecular weight is 419 g/mol. The van der Waals surface area contributed by atoms with Crippen LogP contribution in [0.5, 0.6) is 0 Å². The SMILES string of the molecule is CCC(C)C(NC(=O)c1ccccc1)C(=O)N1CCCC(c2nc3ccccc3[nH]2)C1. The van der Waals surface area contributed by atoms with E-state index in [1.165, 1.54) is 0 Å². The predicted molar refractivity (Wildman–Crippen MR) is 122 cm³/mol. The average Bonchev–Trinajstić information content (AvgIpc) is 3.26. The number of carbonyl (C=O) groups excluding carboxylic acids is 2. The van der Waals surface area contributed by atoms with Crippen molar-refractivity contribution in [2.24, 2.45) is 5.92 Å². The number of nitrogens with zero attached hydrogens (tertiary/aromatic N) is 2. The summed E-state index contributed by atoms with van der Waals surface area (Å²) in [5, 5.41) is 3.00. The van der Waals surface area contributed by atoms with Gasteiger partial charge in [0.1, 0.15) is 11.9 Å². The summed E-state index contributed by atoms with van der Waals surface area (Å²) >= 11 is 0. The molecule has 31 heavy (non-hydrogen) atoms.